The Morgan fingerprint density at radius 1 is 1.24 bits per heavy atom. The lowest BCUT2D eigenvalue weighted by Crippen LogP contribution is -2.35. The molecule has 0 radical (unpaired) electrons. The minimum Gasteiger partial charge on any atom is -0.481 e. The highest BCUT2D eigenvalue weighted by atomic mass is 16.4. The molecule has 21 heavy (non-hydrogen) atoms. The third-order valence-electron chi connectivity index (χ3n) is 5.18. The van der Waals surface area contributed by atoms with Crippen molar-refractivity contribution in [1.29, 1.82) is 0 Å². The van der Waals surface area contributed by atoms with E-state index < -0.39 is 11.4 Å². The number of aliphatic carboxylic acids is 1. The summed E-state index contributed by atoms with van der Waals surface area (Å²) in [6.45, 7) is 2.22. The van der Waals surface area contributed by atoms with Crippen LogP contribution in [0.1, 0.15) is 63.9 Å². The number of rotatable bonds is 7. The van der Waals surface area contributed by atoms with Crippen molar-refractivity contribution in [1.82, 2.24) is 0 Å². The Morgan fingerprint density at radius 2 is 1.90 bits per heavy atom. The number of carboxylic acids is 1. The molecule has 1 fully saturated rings. The van der Waals surface area contributed by atoms with Crippen molar-refractivity contribution in [2.75, 3.05) is 0 Å². The van der Waals surface area contributed by atoms with Crippen LogP contribution in [-0.4, -0.2) is 11.1 Å². The van der Waals surface area contributed by atoms with Gasteiger partial charge in [-0.25, -0.2) is 0 Å². The molecule has 0 unspecified atom stereocenters. The molecular formula is C19H28O2. The van der Waals surface area contributed by atoms with Crippen LogP contribution in [0.2, 0.25) is 0 Å². The average molecular weight is 288 g/mol. The monoisotopic (exact) mass is 288 g/mol. The SMILES string of the molecule is CCCC1CCC(CCCc2ccccc2)(C(=O)O)CC1. The summed E-state index contributed by atoms with van der Waals surface area (Å²) in [5.41, 5.74) is 0.872. The van der Waals surface area contributed by atoms with E-state index in [2.05, 4.69) is 31.2 Å². The lowest BCUT2D eigenvalue weighted by molar-refractivity contribution is -0.152. The van der Waals surface area contributed by atoms with E-state index in [1.54, 1.807) is 0 Å². The summed E-state index contributed by atoms with van der Waals surface area (Å²) < 4.78 is 0. The number of hydrogen-bond donors (Lipinski definition) is 1. The molecule has 0 atom stereocenters. The van der Waals surface area contributed by atoms with Gasteiger partial charge in [0.25, 0.3) is 0 Å². The van der Waals surface area contributed by atoms with E-state index in [-0.39, 0.29) is 0 Å². The summed E-state index contributed by atoms with van der Waals surface area (Å²) >= 11 is 0. The zero-order chi connectivity index (χ0) is 15.1. The molecule has 0 bridgehead atoms. The minimum absolute atomic E-state index is 0.445. The second kappa shape index (κ2) is 7.63. The van der Waals surface area contributed by atoms with Crippen LogP contribution >= 0.6 is 0 Å². The lowest BCUT2D eigenvalue weighted by atomic mass is 9.67. The van der Waals surface area contributed by atoms with E-state index >= 15 is 0 Å². The van der Waals surface area contributed by atoms with Gasteiger partial charge in [0.15, 0.2) is 0 Å². The van der Waals surface area contributed by atoms with Gasteiger partial charge in [-0.15, -0.1) is 0 Å². The van der Waals surface area contributed by atoms with Gasteiger partial charge in [-0.1, -0.05) is 50.1 Å². The van der Waals surface area contributed by atoms with Crippen LogP contribution in [0.5, 0.6) is 0 Å². The maximum Gasteiger partial charge on any atom is 0.309 e. The zero-order valence-corrected chi connectivity index (χ0v) is 13.2. The summed E-state index contributed by atoms with van der Waals surface area (Å²) in [6, 6.07) is 10.4. The standard InChI is InChI=1S/C19H28O2/c1-2-7-16-11-14-19(15-12-16,18(20)21)13-6-10-17-8-4-3-5-9-17/h3-5,8-9,16H,2,6-7,10-15H2,1H3,(H,20,21). The van der Waals surface area contributed by atoms with Gasteiger partial charge in [-0.3, -0.25) is 4.79 Å². The first-order valence-electron chi connectivity index (χ1n) is 8.43. The topological polar surface area (TPSA) is 37.3 Å². The predicted molar refractivity (Wildman–Crippen MR) is 86.3 cm³/mol. The molecule has 1 N–H and O–H groups in total. The normalized spacial score (nSPS) is 25.7. The van der Waals surface area contributed by atoms with Crippen molar-refractivity contribution in [3.05, 3.63) is 35.9 Å². The van der Waals surface area contributed by atoms with Crippen LogP contribution in [0.3, 0.4) is 0 Å². The predicted octanol–water partition coefficient (Wildman–Crippen LogP) is 5.07. The van der Waals surface area contributed by atoms with Gasteiger partial charge in [-0.2, -0.15) is 0 Å². The number of benzene rings is 1. The van der Waals surface area contributed by atoms with Crippen molar-refractivity contribution in [2.24, 2.45) is 11.3 Å². The van der Waals surface area contributed by atoms with Gasteiger partial charge in [0, 0.05) is 0 Å². The van der Waals surface area contributed by atoms with Crippen LogP contribution in [0.15, 0.2) is 30.3 Å². The highest BCUT2D eigenvalue weighted by Gasteiger charge is 2.40. The quantitative estimate of drug-likeness (QED) is 0.760. The molecule has 2 heteroatoms. The van der Waals surface area contributed by atoms with Gasteiger partial charge in [-0.05, 0) is 56.4 Å². The Kier molecular flexibility index (Phi) is 5.84. The molecule has 0 heterocycles. The molecule has 0 spiro atoms. The number of carboxylic acid groups (broad SMARTS) is 1. The minimum atomic E-state index is -0.564. The number of hydrogen-bond acceptors (Lipinski definition) is 1. The molecule has 1 aromatic rings. The van der Waals surface area contributed by atoms with Gasteiger partial charge in [0.1, 0.15) is 0 Å². The zero-order valence-electron chi connectivity index (χ0n) is 13.2. The molecule has 1 aliphatic rings. The van der Waals surface area contributed by atoms with Crippen LogP contribution in [0, 0.1) is 11.3 Å². The molecule has 0 aliphatic heterocycles. The fourth-order valence-corrected chi connectivity index (χ4v) is 3.77. The van der Waals surface area contributed by atoms with Crippen molar-refractivity contribution >= 4 is 5.97 Å². The second-order valence-electron chi connectivity index (χ2n) is 6.66. The molecule has 1 aliphatic carbocycles. The summed E-state index contributed by atoms with van der Waals surface area (Å²) in [4.78, 5) is 11.8. The van der Waals surface area contributed by atoms with Crippen molar-refractivity contribution < 1.29 is 9.90 Å². The van der Waals surface area contributed by atoms with Crippen LogP contribution in [0.4, 0.5) is 0 Å². The van der Waals surface area contributed by atoms with Crippen LogP contribution in [-0.2, 0) is 11.2 Å². The molecule has 0 aromatic heterocycles. The Balaban J connectivity index is 1.86. The summed E-state index contributed by atoms with van der Waals surface area (Å²) in [7, 11) is 0. The van der Waals surface area contributed by atoms with Gasteiger partial charge in [0.05, 0.1) is 5.41 Å². The number of aryl methyl sites for hydroxylation is 1. The maximum atomic E-state index is 11.8. The van der Waals surface area contributed by atoms with E-state index in [0.717, 1.165) is 50.9 Å². The Bertz CT molecular complexity index is 430. The molecule has 2 rings (SSSR count). The second-order valence-corrected chi connectivity index (χ2v) is 6.66. The largest absolute Gasteiger partial charge is 0.481 e. The van der Waals surface area contributed by atoms with E-state index in [0.29, 0.717) is 0 Å². The third-order valence-corrected chi connectivity index (χ3v) is 5.18. The molecule has 0 amide bonds. The van der Waals surface area contributed by atoms with Crippen molar-refractivity contribution in [3.63, 3.8) is 0 Å². The van der Waals surface area contributed by atoms with Crippen LogP contribution < -0.4 is 0 Å². The molecule has 1 aromatic carbocycles. The van der Waals surface area contributed by atoms with Gasteiger partial charge >= 0.3 is 5.97 Å². The first-order chi connectivity index (χ1) is 10.2. The number of carbonyl (C=O) groups is 1. The van der Waals surface area contributed by atoms with Gasteiger partial charge < -0.3 is 5.11 Å². The Hall–Kier alpha value is -1.31. The molecule has 1 saturated carbocycles. The molecular weight excluding hydrogens is 260 g/mol. The Labute approximate surface area is 128 Å². The molecule has 0 saturated heterocycles. The highest BCUT2D eigenvalue weighted by molar-refractivity contribution is 5.74. The molecule has 2 nitrogen and oxygen atoms in total. The third kappa shape index (κ3) is 4.33. The maximum absolute atomic E-state index is 11.8. The van der Waals surface area contributed by atoms with E-state index in [1.807, 2.05) is 6.07 Å². The molecule has 116 valence electrons. The van der Waals surface area contributed by atoms with E-state index in [9.17, 15) is 9.90 Å². The van der Waals surface area contributed by atoms with Crippen LogP contribution in [0.25, 0.3) is 0 Å². The lowest BCUT2D eigenvalue weighted by Gasteiger charge is -2.37. The fraction of sp³-hybridized carbons (Fsp3) is 0.632. The smallest absolute Gasteiger partial charge is 0.309 e. The highest BCUT2D eigenvalue weighted by Crippen LogP contribution is 2.44. The summed E-state index contributed by atoms with van der Waals surface area (Å²) in [5.74, 6) is 0.196. The van der Waals surface area contributed by atoms with E-state index in [1.165, 1.54) is 18.4 Å². The Morgan fingerprint density at radius 3 is 2.48 bits per heavy atom. The first-order valence-corrected chi connectivity index (χ1v) is 8.43. The average Bonchev–Trinajstić information content (AvgIpc) is 2.50. The summed E-state index contributed by atoms with van der Waals surface area (Å²) in [6.07, 6.45) is 9.25. The van der Waals surface area contributed by atoms with Gasteiger partial charge in [0.2, 0.25) is 0 Å². The van der Waals surface area contributed by atoms with Crippen molar-refractivity contribution in [3.8, 4) is 0 Å². The first kappa shape index (κ1) is 16.1. The fourth-order valence-electron chi connectivity index (χ4n) is 3.77. The summed E-state index contributed by atoms with van der Waals surface area (Å²) in [5, 5.41) is 9.70. The van der Waals surface area contributed by atoms with E-state index in [4.69, 9.17) is 0 Å². The van der Waals surface area contributed by atoms with Crippen molar-refractivity contribution in [2.45, 2.75) is 64.7 Å².